The molecule has 0 aromatic rings. The third kappa shape index (κ3) is 4.28. The quantitative estimate of drug-likeness (QED) is 0.740. The fourth-order valence-corrected chi connectivity index (χ4v) is 2.60. The lowest BCUT2D eigenvalue weighted by Gasteiger charge is -2.35. The maximum atomic E-state index is 11.5. The van der Waals surface area contributed by atoms with Crippen molar-refractivity contribution in [2.75, 3.05) is 26.7 Å². The smallest absolute Gasteiger partial charge is 0.326 e. The number of hydrogen-bond acceptors (Lipinski definition) is 4. The molecule has 4 nitrogen and oxygen atoms in total. The van der Waals surface area contributed by atoms with Gasteiger partial charge in [0.2, 0.25) is 0 Å². The van der Waals surface area contributed by atoms with Gasteiger partial charge in [0.05, 0.1) is 7.11 Å². The molecule has 1 atom stereocenters. The molecule has 4 heteroatoms. The van der Waals surface area contributed by atoms with E-state index in [4.69, 9.17) is 10.5 Å². The molecule has 1 saturated heterocycles. The fraction of sp³-hybridized carbons (Fsp3) is 0.923. The SMILES string of the molecule is CCCC1CCN(CC(C)(N)C(=O)OC)CC1. The number of hydrogen-bond donors (Lipinski definition) is 1. The van der Waals surface area contributed by atoms with E-state index < -0.39 is 5.54 Å². The number of esters is 1. The molecule has 0 aromatic carbocycles. The molecular weight excluding hydrogens is 216 g/mol. The summed E-state index contributed by atoms with van der Waals surface area (Å²) in [5.41, 5.74) is 5.10. The van der Waals surface area contributed by atoms with Crippen molar-refractivity contribution in [3.63, 3.8) is 0 Å². The van der Waals surface area contributed by atoms with Crippen LogP contribution in [-0.2, 0) is 9.53 Å². The molecule has 0 amide bonds. The normalized spacial score (nSPS) is 22.1. The van der Waals surface area contributed by atoms with Gasteiger partial charge in [-0.15, -0.1) is 0 Å². The molecule has 0 spiro atoms. The molecule has 0 aromatic heterocycles. The van der Waals surface area contributed by atoms with Crippen LogP contribution in [0.15, 0.2) is 0 Å². The van der Waals surface area contributed by atoms with E-state index in [2.05, 4.69) is 11.8 Å². The lowest BCUT2D eigenvalue weighted by molar-refractivity contribution is -0.147. The monoisotopic (exact) mass is 242 g/mol. The lowest BCUT2D eigenvalue weighted by Crippen LogP contribution is -2.55. The molecular formula is C13H26N2O2. The molecule has 0 saturated carbocycles. The third-order valence-corrected chi connectivity index (χ3v) is 3.61. The Bertz CT molecular complexity index is 246. The Balaban J connectivity index is 2.37. The van der Waals surface area contributed by atoms with Gasteiger partial charge in [-0.3, -0.25) is 4.79 Å². The first-order valence-corrected chi connectivity index (χ1v) is 6.59. The van der Waals surface area contributed by atoms with Crippen LogP contribution in [0.5, 0.6) is 0 Å². The Kier molecular flexibility index (Phi) is 5.40. The first-order valence-electron chi connectivity index (χ1n) is 6.59. The van der Waals surface area contributed by atoms with Gasteiger partial charge in [-0.25, -0.2) is 0 Å². The molecule has 17 heavy (non-hydrogen) atoms. The summed E-state index contributed by atoms with van der Waals surface area (Å²) in [6, 6.07) is 0. The Morgan fingerprint density at radius 2 is 2.06 bits per heavy atom. The highest BCUT2D eigenvalue weighted by Gasteiger charge is 2.33. The van der Waals surface area contributed by atoms with E-state index in [1.807, 2.05) is 0 Å². The number of carbonyl (C=O) groups is 1. The second-order valence-electron chi connectivity index (χ2n) is 5.42. The minimum Gasteiger partial charge on any atom is -0.468 e. The number of carbonyl (C=O) groups excluding carboxylic acids is 1. The number of likely N-dealkylation sites (tertiary alicyclic amines) is 1. The first kappa shape index (κ1) is 14.5. The third-order valence-electron chi connectivity index (χ3n) is 3.61. The van der Waals surface area contributed by atoms with Crippen molar-refractivity contribution >= 4 is 5.97 Å². The van der Waals surface area contributed by atoms with E-state index in [9.17, 15) is 4.79 Å². The molecule has 0 aliphatic carbocycles. The summed E-state index contributed by atoms with van der Waals surface area (Å²) in [6.45, 7) is 6.68. The molecule has 100 valence electrons. The Labute approximate surface area is 104 Å². The largest absolute Gasteiger partial charge is 0.468 e. The molecule has 0 radical (unpaired) electrons. The highest BCUT2D eigenvalue weighted by atomic mass is 16.5. The van der Waals surface area contributed by atoms with Crippen LogP contribution in [0.3, 0.4) is 0 Å². The maximum Gasteiger partial charge on any atom is 0.326 e. The first-order chi connectivity index (χ1) is 7.99. The van der Waals surface area contributed by atoms with Crippen LogP contribution in [0, 0.1) is 5.92 Å². The van der Waals surface area contributed by atoms with Crippen molar-refractivity contribution in [3.8, 4) is 0 Å². The van der Waals surface area contributed by atoms with Crippen LogP contribution in [0.4, 0.5) is 0 Å². The van der Waals surface area contributed by atoms with E-state index in [0.717, 1.165) is 19.0 Å². The summed E-state index contributed by atoms with van der Waals surface area (Å²) in [7, 11) is 1.39. The van der Waals surface area contributed by atoms with Crippen LogP contribution in [0.1, 0.15) is 39.5 Å². The lowest BCUT2D eigenvalue weighted by atomic mass is 9.91. The summed E-state index contributed by atoms with van der Waals surface area (Å²) in [6.07, 6.45) is 5.04. The number of rotatable bonds is 5. The van der Waals surface area contributed by atoms with Gasteiger partial charge < -0.3 is 15.4 Å². The van der Waals surface area contributed by atoms with E-state index >= 15 is 0 Å². The van der Waals surface area contributed by atoms with Gasteiger partial charge >= 0.3 is 5.97 Å². The Morgan fingerprint density at radius 1 is 1.47 bits per heavy atom. The van der Waals surface area contributed by atoms with Crippen molar-refractivity contribution < 1.29 is 9.53 Å². The number of nitrogens with zero attached hydrogens (tertiary/aromatic N) is 1. The van der Waals surface area contributed by atoms with Crippen molar-refractivity contribution in [1.29, 1.82) is 0 Å². The predicted octanol–water partition coefficient (Wildman–Crippen LogP) is 1.39. The number of ether oxygens (including phenoxy) is 1. The molecule has 1 heterocycles. The number of methoxy groups -OCH3 is 1. The Morgan fingerprint density at radius 3 is 2.53 bits per heavy atom. The van der Waals surface area contributed by atoms with Crippen molar-refractivity contribution in [3.05, 3.63) is 0 Å². The average Bonchev–Trinajstić information content (AvgIpc) is 2.30. The molecule has 1 fully saturated rings. The molecule has 1 unspecified atom stereocenters. The number of piperidine rings is 1. The van der Waals surface area contributed by atoms with Crippen LogP contribution in [0.2, 0.25) is 0 Å². The minimum absolute atomic E-state index is 0.326. The highest BCUT2D eigenvalue weighted by Crippen LogP contribution is 2.22. The molecule has 1 aliphatic heterocycles. The van der Waals surface area contributed by atoms with Gasteiger partial charge in [-0.2, -0.15) is 0 Å². The van der Waals surface area contributed by atoms with E-state index in [0.29, 0.717) is 6.54 Å². The van der Waals surface area contributed by atoms with Crippen LogP contribution < -0.4 is 5.73 Å². The average molecular weight is 242 g/mol. The highest BCUT2D eigenvalue weighted by molar-refractivity contribution is 5.80. The van der Waals surface area contributed by atoms with E-state index in [-0.39, 0.29) is 5.97 Å². The number of nitrogens with two attached hydrogens (primary N) is 1. The summed E-state index contributed by atoms with van der Waals surface area (Å²) in [5.74, 6) is 0.534. The van der Waals surface area contributed by atoms with Gasteiger partial charge in [0, 0.05) is 6.54 Å². The standard InChI is InChI=1S/C13H26N2O2/c1-4-5-11-6-8-15(9-7-11)10-13(2,14)12(16)17-3/h11H,4-10,14H2,1-3H3. The zero-order valence-corrected chi connectivity index (χ0v) is 11.4. The Hall–Kier alpha value is -0.610. The topological polar surface area (TPSA) is 55.6 Å². The van der Waals surface area contributed by atoms with Crippen molar-refractivity contribution in [2.45, 2.75) is 45.1 Å². The van der Waals surface area contributed by atoms with Gasteiger partial charge in [0.15, 0.2) is 0 Å². The van der Waals surface area contributed by atoms with Gasteiger partial charge in [0.1, 0.15) is 5.54 Å². The molecule has 2 N–H and O–H groups in total. The summed E-state index contributed by atoms with van der Waals surface area (Å²) >= 11 is 0. The zero-order valence-electron chi connectivity index (χ0n) is 11.4. The maximum absolute atomic E-state index is 11.5. The van der Waals surface area contributed by atoms with E-state index in [1.165, 1.54) is 32.8 Å². The van der Waals surface area contributed by atoms with Gasteiger partial charge in [0.25, 0.3) is 0 Å². The van der Waals surface area contributed by atoms with Gasteiger partial charge in [-0.1, -0.05) is 19.8 Å². The van der Waals surface area contributed by atoms with E-state index in [1.54, 1.807) is 6.92 Å². The van der Waals surface area contributed by atoms with Crippen LogP contribution in [-0.4, -0.2) is 43.2 Å². The summed E-state index contributed by atoms with van der Waals surface area (Å²) < 4.78 is 4.73. The van der Waals surface area contributed by atoms with Crippen molar-refractivity contribution in [2.24, 2.45) is 11.7 Å². The van der Waals surface area contributed by atoms with Gasteiger partial charge in [-0.05, 0) is 38.8 Å². The second kappa shape index (κ2) is 6.36. The summed E-state index contributed by atoms with van der Waals surface area (Å²) in [5, 5.41) is 0. The summed E-state index contributed by atoms with van der Waals surface area (Å²) in [4.78, 5) is 13.8. The second-order valence-corrected chi connectivity index (χ2v) is 5.42. The van der Waals surface area contributed by atoms with Crippen molar-refractivity contribution in [1.82, 2.24) is 4.90 Å². The minimum atomic E-state index is -0.883. The molecule has 1 aliphatic rings. The predicted molar refractivity (Wildman–Crippen MR) is 68.7 cm³/mol. The van der Waals surface area contributed by atoms with Crippen LogP contribution in [0.25, 0.3) is 0 Å². The molecule has 1 rings (SSSR count). The molecule has 0 bridgehead atoms. The zero-order chi connectivity index (χ0) is 12.9. The van der Waals surface area contributed by atoms with Crippen LogP contribution >= 0.6 is 0 Å². The fourth-order valence-electron chi connectivity index (χ4n) is 2.60.